The van der Waals surface area contributed by atoms with Gasteiger partial charge in [0.1, 0.15) is 11.6 Å². The zero-order valence-electron chi connectivity index (χ0n) is 14.7. The summed E-state index contributed by atoms with van der Waals surface area (Å²) in [4.78, 5) is 22.1. The van der Waals surface area contributed by atoms with E-state index < -0.39 is 0 Å². The van der Waals surface area contributed by atoms with Gasteiger partial charge in [-0.1, -0.05) is 30.3 Å². The van der Waals surface area contributed by atoms with Crippen LogP contribution in [0.4, 0.5) is 0 Å². The summed E-state index contributed by atoms with van der Waals surface area (Å²) in [6.07, 6.45) is 7.17. The van der Waals surface area contributed by atoms with Crippen molar-refractivity contribution in [2.45, 2.75) is 0 Å². The Kier molecular flexibility index (Phi) is 4.49. The molecule has 0 spiro atoms. The van der Waals surface area contributed by atoms with E-state index in [0.717, 1.165) is 5.56 Å². The largest absolute Gasteiger partial charge is 0.495 e. The predicted octanol–water partition coefficient (Wildman–Crippen LogP) is 3.96. The Labute approximate surface area is 156 Å². The summed E-state index contributed by atoms with van der Waals surface area (Å²) in [7, 11) is 1.59. The van der Waals surface area contributed by atoms with Crippen LogP contribution in [-0.2, 0) is 0 Å². The van der Waals surface area contributed by atoms with E-state index in [0.29, 0.717) is 28.2 Å². The minimum atomic E-state index is -0.143. The van der Waals surface area contributed by atoms with Crippen molar-refractivity contribution in [1.82, 2.24) is 14.5 Å². The lowest BCUT2D eigenvalue weighted by molar-refractivity contribution is 0.412. The molecule has 0 saturated carbocycles. The molecule has 0 N–H and O–H groups in total. The van der Waals surface area contributed by atoms with Gasteiger partial charge in [-0.3, -0.25) is 14.3 Å². The third kappa shape index (κ3) is 3.22. The fourth-order valence-electron chi connectivity index (χ4n) is 2.95. The normalized spacial score (nSPS) is 11.1. The molecule has 0 unspecified atom stereocenters. The number of pyridine rings is 1. The van der Waals surface area contributed by atoms with Gasteiger partial charge in [0.15, 0.2) is 0 Å². The molecule has 27 heavy (non-hydrogen) atoms. The van der Waals surface area contributed by atoms with Crippen molar-refractivity contribution in [3.05, 3.63) is 94.8 Å². The van der Waals surface area contributed by atoms with Gasteiger partial charge in [-0.25, -0.2) is 4.98 Å². The molecule has 5 heteroatoms. The fraction of sp³-hybridized carbons (Fsp3) is 0.0455. The van der Waals surface area contributed by atoms with E-state index in [1.54, 1.807) is 30.1 Å². The summed E-state index contributed by atoms with van der Waals surface area (Å²) in [6, 6.07) is 18.5. The van der Waals surface area contributed by atoms with E-state index in [9.17, 15) is 4.79 Å². The smallest absolute Gasteiger partial charge is 0.266 e. The molecule has 2 aromatic heterocycles. The second-order valence-electron chi connectivity index (χ2n) is 5.92. The van der Waals surface area contributed by atoms with E-state index in [1.807, 2.05) is 66.7 Å². The highest BCUT2D eigenvalue weighted by molar-refractivity contribution is 5.80. The summed E-state index contributed by atoms with van der Waals surface area (Å²) in [5.41, 5.74) is 2.08. The third-order valence-corrected chi connectivity index (χ3v) is 4.24. The maximum Gasteiger partial charge on any atom is 0.266 e. The van der Waals surface area contributed by atoms with Crippen LogP contribution in [0.1, 0.15) is 11.4 Å². The fourth-order valence-corrected chi connectivity index (χ4v) is 2.95. The SMILES string of the molecule is COc1ccccc1-n1c(/C=C/c2cccnc2)nc2ccccc2c1=O. The van der Waals surface area contributed by atoms with Crippen molar-refractivity contribution in [1.29, 1.82) is 0 Å². The molecule has 0 aliphatic carbocycles. The maximum atomic E-state index is 13.3. The second kappa shape index (κ2) is 7.25. The van der Waals surface area contributed by atoms with E-state index in [4.69, 9.17) is 9.72 Å². The molecule has 0 saturated heterocycles. The number of nitrogens with zero attached hydrogens (tertiary/aromatic N) is 3. The molecule has 2 heterocycles. The summed E-state index contributed by atoms with van der Waals surface area (Å²) >= 11 is 0. The first-order valence-electron chi connectivity index (χ1n) is 8.51. The van der Waals surface area contributed by atoms with Crippen LogP contribution in [0.3, 0.4) is 0 Å². The number of aromatic nitrogens is 3. The Balaban J connectivity index is 1.99. The monoisotopic (exact) mass is 355 g/mol. The lowest BCUT2D eigenvalue weighted by Gasteiger charge is -2.14. The Morgan fingerprint density at radius 1 is 0.963 bits per heavy atom. The highest BCUT2D eigenvalue weighted by Gasteiger charge is 2.14. The quantitative estimate of drug-likeness (QED) is 0.556. The minimum Gasteiger partial charge on any atom is -0.495 e. The van der Waals surface area contributed by atoms with Crippen LogP contribution in [0, 0.1) is 0 Å². The topological polar surface area (TPSA) is 57.0 Å². The molecule has 132 valence electrons. The molecular weight excluding hydrogens is 338 g/mol. The van der Waals surface area contributed by atoms with Crippen molar-refractivity contribution in [2.24, 2.45) is 0 Å². The van der Waals surface area contributed by atoms with Gasteiger partial charge in [-0.2, -0.15) is 0 Å². The highest BCUT2D eigenvalue weighted by atomic mass is 16.5. The van der Waals surface area contributed by atoms with Gasteiger partial charge in [0.05, 0.1) is 23.7 Å². The van der Waals surface area contributed by atoms with Crippen molar-refractivity contribution in [2.75, 3.05) is 7.11 Å². The first-order chi connectivity index (χ1) is 13.3. The number of hydrogen-bond donors (Lipinski definition) is 0. The van der Waals surface area contributed by atoms with Gasteiger partial charge in [-0.15, -0.1) is 0 Å². The van der Waals surface area contributed by atoms with Crippen LogP contribution in [0.25, 0.3) is 28.7 Å². The number of fused-ring (bicyclic) bond motifs is 1. The first kappa shape index (κ1) is 16.7. The lowest BCUT2D eigenvalue weighted by Crippen LogP contribution is -2.22. The molecule has 4 rings (SSSR count). The van der Waals surface area contributed by atoms with Crippen molar-refractivity contribution >= 4 is 23.1 Å². The summed E-state index contributed by atoms with van der Waals surface area (Å²) in [5.74, 6) is 1.12. The third-order valence-electron chi connectivity index (χ3n) is 4.24. The Hall–Kier alpha value is -3.73. The van der Waals surface area contributed by atoms with E-state index in [1.165, 1.54) is 0 Å². The molecule has 4 aromatic rings. The van der Waals surface area contributed by atoms with Crippen molar-refractivity contribution in [3.8, 4) is 11.4 Å². The zero-order chi connectivity index (χ0) is 18.6. The molecule has 2 aromatic carbocycles. The first-order valence-corrected chi connectivity index (χ1v) is 8.51. The van der Waals surface area contributed by atoms with Gasteiger partial charge < -0.3 is 4.74 Å². The van der Waals surface area contributed by atoms with E-state index >= 15 is 0 Å². The number of hydrogen-bond acceptors (Lipinski definition) is 4. The molecule has 0 atom stereocenters. The van der Waals surface area contributed by atoms with Crippen LogP contribution >= 0.6 is 0 Å². The number of ether oxygens (including phenoxy) is 1. The van der Waals surface area contributed by atoms with Crippen LogP contribution in [0.2, 0.25) is 0 Å². The van der Waals surface area contributed by atoms with Crippen molar-refractivity contribution < 1.29 is 4.74 Å². The Bertz CT molecular complexity index is 1180. The highest BCUT2D eigenvalue weighted by Crippen LogP contribution is 2.23. The number of methoxy groups -OCH3 is 1. The lowest BCUT2D eigenvalue weighted by atomic mass is 10.2. The molecule has 0 aliphatic rings. The van der Waals surface area contributed by atoms with Crippen molar-refractivity contribution in [3.63, 3.8) is 0 Å². The Morgan fingerprint density at radius 2 is 1.78 bits per heavy atom. The maximum absolute atomic E-state index is 13.3. The molecule has 0 bridgehead atoms. The van der Waals surface area contributed by atoms with E-state index in [-0.39, 0.29) is 5.56 Å². The summed E-state index contributed by atoms with van der Waals surface area (Å²) in [5, 5.41) is 0.557. The van der Waals surface area contributed by atoms with Gasteiger partial charge in [0.25, 0.3) is 5.56 Å². The molecule has 0 radical (unpaired) electrons. The minimum absolute atomic E-state index is 0.143. The van der Waals surface area contributed by atoms with Gasteiger partial charge in [0, 0.05) is 12.4 Å². The predicted molar refractivity (Wildman–Crippen MR) is 107 cm³/mol. The van der Waals surface area contributed by atoms with Gasteiger partial charge in [-0.05, 0) is 48.0 Å². The van der Waals surface area contributed by atoms with Crippen LogP contribution < -0.4 is 10.3 Å². The average Bonchev–Trinajstić information content (AvgIpc) is 2.73. The number of benzene rings is 2. The van der Waals surface area contributed by atoms with Crippen LogP contribution in [-0.4, -0.2) is 21.6 Å². The second-order valence-corrected chi connectivity index (χ2v) is 5.92. The number of para-hydroxylation sites is 3. The van der Waals surface area contributed by atoms with Gasteiger partial charge >= 0.3 is 0 Å². The van der Waals surface area contributed by atoms with Crippen LogP contribution in [0.15, 0.2) is 77.9 Å². The zero-order valence-corrected chi connectivity index (χ0v) is 14.7. The summed E-state index contributed by atoms with van der Waals surface area (Å²) < 4.78 is 7.04. The standard InChI is InChI=1S/C22H17N3O2/c1-27-20-11-5-4-10-19(20)25-21(13-12-16-7-6-14-23-15-16)24-18-9-3-2-8-17(18)22(25)26/h2-15H,1H3/b13-12+. The Morgan fingerprint density at radius 3 is 2.59 bits per heavy atom. The average molecular weight is 355 g/mol. The molecule has 0 fully saturated rings. The number of rotatable bonds is 4. The molecular formula is C22H17N3O2. The van der Waals surface area contributed by atoms with Gasteiger partial charge in [0.2, 0.25) is 0 Å². The summed E-state index contributed by atoms with van der Waals surface area (Å²) in [6.45, 7) is 0. The molecule has 0 aliphatic heterocycles. The van der Waals surface area contributed by atoms with Crippen LogP contribution in [0.5, 0.6) is 5.75 Å². The molecule has 0 amide bonds. The molecule has 5 nitrogen and oxygen atoms in total. The van der Waals surface area contributed by atoms with E-state index in [2.05, 4.69) is 4.98 Å².